The Kier molecular flexibility index (Phi) is 6.94. The number of aryl methyl sites for hydroxylation is 2. The van der Waals surface area contributed by atoms with Gasteiger partial charge in [-0.25, -0.2) is 0 Å². The molecule has 4 heterocycles. The van der Waals surface area contributed by atoms with Crippen LogP contribution in [0.4, 0.5) is 0 Å². The molecular weight excluding hydrogens is 396 g/mol. The van der Waals surface area contributed by atoms with Crippen LogP contribution in [0.1, 0.15) is 71.3 Å². The highest BCUT2D eigenvalue weighted by atomic mass is 16.5. The molecule has 0 spiro atoms. The van der Waals surface area contributed by atoms with Crippen LogP contribution in [0.25, 0.3) is 0 Å². The van der Waals surface area contributed by atoms with E-state index in [1.165, 1.54) is 59.1 Å². The summed E-state index contributed by atoms with van der Waals surface area (Å²) < 4.78 is 12.0. The second-order valence-electron chi connectivity index (χ2n) is 9.89. The third-order valence-electron chi connectivity index (χ3n) is 7.48. The molecule has 2 N–H and O–H groups in total. The largest absolute Gasteiger partial charge is 0.372 e. The molecule has 0 aromatic heterocycles. The summed E-state index contributed by atoms with van der Waals surface area (Å²) in [5.41, 5.74) is 8.49. The number of rotatable bonds is 2. The van der Waals surface area contributed by atoms with Crippen molar-refractivity contribution in [3.63, 3.8) is 0 Å². The molecule has 2 saturated heterocycles. The van der Waals surface area contributed by atoms with Crippen molar-refractivity contribution in [2.45, 2.75) is 76.7 Å². The summed E-state index contributed by atoms with van der Waals surface area (Å²) in [5, 5.41) is 7.12. The number of benzene rings is 2. The molecule has 4 heteroatoms. The predicted octanol–water partition coefficient (Wildman–Crippen LogP) is 4.72. The maximum absolute atomic E-state index is 5.98. The predicted molar refractivity (Wildman–Crippen MR) is 129 cm³/mol. The van der Waals surface area contributed by atoms with Gasteiger partial charge in [0.05, 0.1) is 25.4 Å². The van der Waals surface area contributed by atoms with Crippen LogP contribution in [-0.2, 0) is 22.3 Å². The fourth-order valence-corrected chi connectivity index (χ4v) is 5.79. The zero-order chi connectivity index (χ0) is 21.9. The quantitative estimate of drug-likeness (QED) is 0.718. The van der Waals surface area contributed by atoms with E-state index in [2.05, 4.69) is 60.9 Å². The van der Waals surface area contributed by atoms with Crippen molar-refractivity contribution in [3.8, 4) is 0 Å². The maximum atomic E-state index is 5.98. The highest BCUT2D eigenvalue weighted by Crippen LogP contribution is 2.34. The fraction of sp³-hybridized carbons (Fsp3) is 0.571. The van der Waals surface area contributed by atoms with Crippen LogP contribution < -0.4 is 10.6 Å². The first-order valence-corrected chi connectivity index (χ1v) is 12.6. The van der Waals surface area contributed by atoms with Crippen LogP contribution in [0.3, 0.4) is 0 Å². The molecule has 0 unspecified atom stereocenters. The van der Waals surface area contributed by atoms with Gasteiger partial charge in [-0.15, -0.1) is 0 Å². The summed E-state index contributed by atoms with van der Waals surface area (Å²) in [7, 11) is 0. The van der Waals surface area contributed by atoms with E-state index >= 15 is 0 Å². The molecular formula is C28H38N2O2. The van der Waals surface area contributed by atoms with Gasteiger partial charge in [0.15, 0.2) is 0 Å². The molecule has 0 saturated carbocycles. The second-order valence-corrected chi connectivity index (χ2v) is 9.89. The summed E-state index contributed by atoms with van der Waals surface area (Å²) in [4.78, 5) is 0. The lowest BCUT2D eigenvalue weighted by atomic mass is 9.91. The van der Waals surface area contributed by atoms with Crippen molar-refractivity contribution in [1.82, 2.24) is 10.6 Å². The van der Waals surface area contributed by atoms with Crippen LogP contribution in [0.15, 0.2) is 36.4 Å². The summed E-state index contributed by atoms with van der Waals surface area (Å²) in [6, 6.07) is 14.6. The number of ether oxygens (including phenoxy) is 2. The van der Waals surface area contributed by atoms with Crippen molar-refractivity contribution in [2.75, 3.05) is 26.3 Å². The Balaban J connectivity index is 0.000000135. The Hall–Kier alpha value is -1.72. The lowest BCUT2D eigenvalue weighted by molar-refractivity contribution is 0.0198. The lowest BCUT2D eigenvalue weighted by Crippen LogP contribution is -2.33. The van der Waals surface area contributed by atoms with Gasteiger partial charge in [0.2, 0.25) is 0 Å². The molecule has 6 rings (SSSR count). The SMILES string of the molecule is Cc1ccc2c(c1)[C@@H]([C@H]1CCCN1)OCC2.Cc1ccc2c(c1)[C@H]([C@H]1CCCN1)OCC2. The van der Waals surface area contributed by atoms with Crippen molar-refractivity contribution in [2.24, 2.45) is 0 Å². The van der Waals surface area contributed by atoms with Gasteiger partial charge in [0.25, 0.3) is 0 Å². The van der Waals surface area contributed by atoms with Crippen molar-refractivity contribution in [1.29, 1.82) is 0 Å². The first kappa shape index (κ1) is 22.1. The molecule has 4 aliphatic heterocycles. The van der Waals surface area contributed by atoms with Crippen molar-refractivity contribution < 1.29 is 9.47 Å². The molecule has 4 atom stereocenters. The van der Waals surface area contributed by atoms with Gasteiger partial charge in [0.1, 0.15) is 0 Å². The minimum Gasteiger partial charge on any atom is -0.372 e. The average Bonchev–Trinajstić information content (AvgIpc) is 3.53. The Bertz CT molecular complexity index is 840. The van der Waals surface area contributed by atoms with Crippen LogP contribution in [-0.4, -0.2) is 38.4 Å². The van der Waals surface area contributed by atoms with Crippen molar-refractivity contribution >= 4 is 0 Å². The van der Waals surface area contributed by atoms with Crippen LogP contribution in [0, 0.1) is 13.8 Å². The Morgan fingerprint density at radius 3 is 1.56 bits per heavy atom. The average molecular weight is 435 g/mol. The molecule has 4 aliphatic rings. The maximum Gasteiger partial charge on any atom is 0.0980 e. The van der Waals surface area contributed by atoms with Gasteiger partial charge in [-0.3, -0.25) is 0 Å². The van der Waals surface area contributed by atoms with E-state index in [1.807, 2.05) is 0 Å². The number of hydrogen-bond donors (Lipinski definition) is 2. The van der Waals surface area contributed by atoms with Gasteiger partial charge in [0, 0.05) is 12.1 Å². The zero-order valence-electron chi connectivity index (χ0n) is 19.7. The van der Waals surface area contributed by atoms with Gasteiger partial charge < -0.3 is 20.1 Å². The first-order chi connectivity index (χ1) is 15.7. The van der Waals surface area contributed by atoms with E-state index in [0.717, 1.165) is 39.1 Å². The van der Waals surface area contributed by atoms with Gasteiger partial charge in [-0.05, 0) is 87.7 Å². The third-order valence-corrected chi connectivity index (χ3v) is 7.48. The standard InChI is InChI=1S/2C14H19NO/c2*1-10-4-5-11-6-8-16-14(12(11)9-10)13-3-2-7-15-13/h2*4-5,9,13-15H,2-3,6-8H2,1H3/t13-,14+;13-,14-/m11/s1. The van der Waals surface area contributed by atoms with E-state index in [-0.39, 0.29) is 12.2 Å². The summed E-state index contributed by atoms with van der Waals surface area (Å²) in [5.74, 6) is 0. The zero-order valence-corrected chi connectivity index (χ0v) is 19.7. The molecule has 2 aromatic rings. The van der Waals surface area contributed by atoms with Gasteiger partial charge in [-0.2, -0.15) is 0 Å². The summed E-state index contributed by atoms with van der Waals surface area (Å²) in [6.07, 6.45) is 7.77. The number of nitrogens with one attached hydrogen (secondary N) is 2. The molecule has 172 valence electrons. The molecule has 2 fully saturated rings. The van der Waals surface area contributed by atoms with E-state index in [1.54, 1.807) is 0 Å². The van der Waals surface area contributed by atoms with Gasteiger partial charge >= 0.3 is 0 Å². The van der Waals surface area contributed by atoms with Crippen LogP contribution >= 0.6 is 0 Å². The van der Waals surface area contributed by atoms with E-state index in [4.69, 9.17) is 9.47 Å². The normalized spacial score (nSPS) is 29.1. The molecule has 4 nitrogen and oxygen atoms in total. The smallest absolute Gasteiger partial charge is 0.0980 e. The third kappa shape index (κ3) is 4.79. The highest BCUT2D eigenvalue weighted by molar-refractivity contribution is 5.36. The minimum atomic E-state index is 0.283. The Morgan fingerprint density at radius 2 is 1.16 bits per heavy atom. The summed E-state index contributed by atoms with van der Waals surface area (Å²) in [6.45, 7) is 8.36. The monoisotopic (exact) mass is 434 g/mol. The highest BCUT2D eigenvalue weighted by Gasteiger charge is 2.31. The molecule has 32 heavy (non-hydrogen) atoms. The first-order valence-electron chi connectivity index (χ1n) is 12.6. The topological polar surface area (TPSA) is 42.5 Å². The Morgan fingerprint density at radius 1 is 0.688 bits per heavy atom. The molecule has 0 radical (unpaired) electrons. The molecule has 0 amide bonds. The second kappa shape index (κ2) is 10.0. The van der Waals surface area contributed by atoms with Gasteiger partial charge in [-0.1, -0.05) is 47.5 Å². The number of hydrogen-bond acceptors (Lipinski definition) is 4. The Labute approximate surface area is 193 Å². The fourth-order valence-electron chi connectivity index (χ4n) is 5.79. The number of fused-ring (bicyclic) bond motifs is 2. The van der Waals surface area contributed by atoms with Crippen LogP contribution in [0.5, 0.6) is 0 Å². The summed E-state index contributed by atoms with van der Waals surface area (Å²) >= 11 is 0. The van der Waals surface area contributed by atoms with E-state index in [9.17, 15) is 0 Å². The van der Waals surface area contributed by atoms with Crippen LogP contribution in [0.2, 0.25) is 0 Å². The molecule has 0 bridgehead atoms. The van der Waals surface area contributed by atoms with E-state index in [0.29, 0.717) is 12.1 Å². The molecule has 2 aromatic carbocycles. The van der Waals surface area contributed by atoms with E-state index < -0.39 is 0 Å². The lowest BCUT2D eigenvalue weighted by Gasteiger charge is -2.30. The molecule has 0 aliphatic carbocycles. The minimum absolute atomic E-state index is 0.283. The van der Waals surface area contributed by atoms with Crippen molar-refractivity contribution in [3.05, 3.63) is 69.8 Å².